The third-order valence-corrected chi connectivity index (χ3v) is 4.22. The lowest BCUT2D eigenvalue weighted by molar-refractivity contribution is 0.151. The molecule has 0 aliphatic carbocycles. The number of benzene rings is 2. The Balaban J connectivity index is 1.70. The summed E-state index contributed by atoms with van der Waals surface area (Å²) < 4.78 is 0. The van der Waals surface area contributed by atoms with Crippen LogP contribution in [0.4, 0.5) is 0 Å². The second-order valence-corrected chi connectivity index (χ2v) is 5.71. The lowest BCUT2D eigenvalue weighted by atomic mass is 10.0. The highest BCUT2D eigenvalue weighted by molar-refractivity contribution is 5.28. The third kappa shape index (κ3) is 2.62. The Hall–Kier alpha value is -1.64. The maximum absolute atomic E-state index is 10.5. The molecule has 2 aromatic rings. The van der Waals surface area contributed by atoms with E-state index in [1.54, 1.807) is 0 Å². The van der Waals surface area contributed by atoms with Crippen molar-refractivity contribution in [3.8, 4) is 0 Å². The minimum absolute atomic E-state index is 0.243. The summed E-state index contributed by atoms with van der Waals surface area (Å²) >= 11 is 0. The first-order valence-electron chi connectivity index (χ1n) is 7.22. The molecule has 4 atom stereocenters. The predicted octanol–water partition coefficient (Wildman–Crippen LogP) is 3.47. The van der Waals surface area contributed by atoms with Gasteiger partial charge in [0.1, 0.15) is 0 Å². The van der Waals surface area contributed by atoms with E-state index >= 15 is 0 Å². The highest BCUT2D eigenvalue weighted by Crippen LogP contribution is 2.38. The maximum Gasteiger partial charge on any atom is 0.0957 e. The third-order valence-electron chi connectivity index (χ3n) is 4.22. The van der Waals surface area contributed by atoms with Crippen LogP contribution in [0.5, 0.6) is 0 Å². The molecule has 1 unspecified atom stereocenters. The van der Waals surface area contributed by atoms with E-state index in [4.69, 9.17) is 0 Å². The van der Waals surface area contributed by atoms with Gasteiger partial charge in [0.2, 0.25) is 0 Å². The van der Waals surface area contributed by atoms with Gasteiger partial charge in [-0.1, -0.05) is 60.2 Å². The van der Waals surface area contributed by atoms with Gasteiger partial charge in [-0.25, -0.2) is 0 Å². The van der Waals surface area contributed by atoms with Gasteiger partial charge in [0.05, 0.1) is 12.1 Å². The number of aliphatic hydroxyl groups excluding tert-OH is 1. The van der Waals surface area contributed by atoms with E-state index in [0.29, 0.717) is 6.04 Å². The van der Waals surface area contributed by atoms with Crippen LogP contribution in [-0.2, 0) is 0 Å². The highest BCUT2D eigenvalue weighted by Gasteiger charge is 2.43. The Labute approximate surface area is 120 Å². The Kier molecular flexibility index (Phi) is 3.60. The molecule has 1 aliphatic heterocycles. The number of aryl methyl sites for hydroxylation is 1. The van der Waals surface area contributed by atoms with Gasteiger partial charge in [0.25, 0.3) is 0 Å². The zero-order valence-electron chi connectivity index (χ0n) is 12.0. The second kappa shape index (κ2) is 5.39. The first kappa shape index (κ1) is 13.3. The normalized spacial score (nSPS) is 24.1. The fourth-order valence-electron chi connectivity index (χ4n) is 2.89. The van der Waals surface area contributed by atoms with Crippen LogP contribution in [0, 0.1) is 6.92 Å². The van der Waals surface area contributed by atoms with Crippen molar-refractivity contribution in [1.29, 1.82) is 0 Å². The molecule has 20 heavy (non-hydrogen) atoms. The predicted molar refractivity (Wildman–Crippen MR) is 81.5 cm³/mol. The van der Waals surface area contributed by atoms with E-state index in [0.717, 1.165) is 12.1 Å². The van der Waals surface area contributed by atoms with Gasteiger partial charge in [0, 0.05) is 12.6 Å². The van der Waals surface area contributed by atoms with Crippen molar-refractivity contribution < 1.29 is 5.11 Å². The summed E-state index contributed by atoms with van der Waals surface area (Å²) in [4.78, 5) is 2.35. The molecule has 0 saturated carbocycles. The largest absolute Gasteiger partial charge is 0.387 e. The van der Waals surface area contributed by atoms with Gasteiger partial charge >= 0.3 is 0 Å². The molecule has 2 aromatic carbocycles. The number of aliphatic hydroxyl groups is 1. The minimum Gasteiger partial charge on any atom is -0.387 e. The van der Waals surface area contributed by atoms with Gasteiger partial charge in [-0.05, 0) is 25.0 Å². The van der Waals surface area contributed by atoms with E-state index in [1.165, 1.54) is 11.1 Å². The molecular weight excluding hydrogens is 246 g/mol. The van der Waals surface area contributed by atoms with Crippen molar-refractivity contribution in [1.82, 2.24) is 4.90 Å². The molecular formula is C18H21NO. The molecule has 0 amide bonds. The van der Waals surface area contributed by atoms with Crippen LogP contribution in [0.25, 0.3) is 0 Å². The van der Waals surface area contributed by atoms with E-state index in [-0.39, 0.29) is 12.1 Å². The molecule has 1 aliphatic rings. The van der Waals surface area contributed by atoms with E-state index in [9.17, 15) is 5.11 Å². The molecule has 1 heterocycles. The standard InChI is InChI=1S/C18H21NO/c1-13-7-6-10-16(11-13)18(20)17-12-19(17)14(2)15-8-4-3-5-9-15/h3-11,14,17-18,20H,12H2,1-2H3/t14-,17+,18+,19?/m0/s1. The maximum atomic E-state index is 10.5. The molecule has 0 spiro atoms. The monoisotopic (exact) mass is 267 g/mol. The summed E-state index contributed by atoms with van der Waals surface area (Å²) in [6.45, 7) is 5.23. The van der Waals surface area contributed by atoms with Crippen molar-refractivity contribution in [2.24, 2.45) is 0 Å². The first-order valence-corrected chi connectivity index (χ1v) is 7.22. The smallest absolute Gasteiger partial charge is 0.0957 e. The number of hydrogen-bond acceptors (Lipinski definition) is 2. The Morgan fingerprint density at radius 2 is 1.75 bits per heavy atom. The van der Waals surface area contributed by atoms with Gasteiger partial charge in [-0.2, -0.15) is 0 Å². The molecule has 1 N–H and O–H groups in total. The average Bonchev–Trinajstić information content (AvgIpc) is 3.27. The van der Waals surface area contributed by atoms with E-state index < -0.39 is 0 Å². The van der Waals surface area contributed by atoms with Crippen LogP contribution in [0.2, 0.25) is 0 Å². The molecule has 1 fully saturated rings. The summed E-state index contributed by atoms with van der Waals surface area (Å²) in [5.41, 5.74) is 3.54. The van der Waals surface area contributed by atoms with Crippen molar-refractivity contribution in [2.75, 3.05) is 6.54 Å². The van der Waals surface area contributed by atoms with Gasteiger partial charge in [-0.15, -0.1) is 0 Å². The Morgan fingerprint density at radius 3 is 2.45 bits per heavy atom. The zero-order chi connectivity index (χ0) is 14.1. The molecule has 0 bridgehead atoms. The lowest BCUT2D eigenvalue weighted by Crippen LogP contribution is -2.14. The number of rotatable bonds is 4. The average molecular weight is 267 g/mol. The Bertz CT molecular complexity index is 581. The molecule has 2 heteroatoms. The lowest BCUT2D eigenvalue weighted by Gasteiger charge is -2.17. The summed E-state index contributed by atoms with van der Waals surface area (Å²) in [6.07, 6.45) is -0.388. The molecule has 1 saturated heterocycles. The molecule has 0 radical (unpaired) electrons. The first-order chi connectivity index (χ1) is 9.66. The van der Waals surface area contributed by atoms with Gasteiger partial charge in [-0.3, -0.25) is 4.90 Å². The zero-order valence-corrected chi connectivity index (χ0v) is 12.0. The second-order valence-electron chi connectivity index (χ2n) is 5.71. The molecule has 104 valence electrons. The Morgan fingerprint density at radius 1 is 1.05 bits per heavy atom. The topological polar surface area (TPSA) is 23.2 Å². The summed E-state index contributed by atoms with van der Waals surface area (Å²) in [7, 11) is 0. The van der Waals surface area contributed by atoms with Crippen LogP contribution in [0.3, 0.4) is 0 Å². The van der Waals surface area contributed by atoms with Crippen molar-refractivity contribution >= 4 is 0 Å². The fraction of sp³-hybridized carbons (Fsp3) is 0.333. The molecule has 0 aromatic heterocycles. The SMILES string of the molecule is Cc1cccc([C@@H](O)[C@H]2CN2[C@@H](C)c2ccccc2)c1. The van der Waals surface area contributed by atoms with E-state index in [1.807, 2.05) is 18.2 Å². The van der Waals surface area contributed by atoms with Crippen LogP contribution < -0.4 is 0 Å². The van der Waals surface area contributed by atoms with Crippen LogP contribution in [0.1, 0.15) is 35.8 Å². The van der Waals surface area contributed by atoms with Crippen molar-refractivity contribution in [3.63, 3.8) is 0 Å². The van der Waals surface area contributed by atoms with E-state index in [2.05, 4.69) is 55.1 Å². The van der Waals surface area contributed by atoms with Gasteiger partial charge in [0.15, 0.2) is 0 Å². The molecule has 3 rings (SSSR count). The molecule has 2 nitrogen and oxygen atoms in total. The van der Waals surface area contributed by atoms with Crippen LogP contribution in [-0.4, -0.2) is 22.6 Å². The highest BCUT2D eigenvalue weighted by atomic mass is 16.3. The van der Waals surface area contributed by atoms with Crippen LogP contribution >= 0.6 is 0 Å². The summed E-state index contributed by atoms with van der Waals surface area (Å²) in [5.74, 6) is 0. The van der Waals surface area contributed by atoms with Crippen molar-refractivity contribution in [2.45, 2.75) is 32.0 Å². The quantitative estimate of drug-likeness (QED) is 0.857. The number of hydrogen-bond donors (Lipinski definition) is 1. The van der Waals surface area contributed by atoms with Crippen LogP contribution in [0.15, 0.2) is 54.6 Å². The fourth-order valence-corrected chi connectivity index (χ4v) is 2.89. The summed E-state index contributed by atoms with van der Waals surface area (Å²) in [6, 6.07) is 19.3. The van der Waals surface area contributed by atoms with Crippen molar-refractivity contribution in [3.05, 3.63) is 71.3 Å². The minimum atomic E-state index is -0.388. The van der Waals surface area contributed by atoms with Gasteiger partial charge < -0.3 is 5.11 Å². The summed E-state index contributed by atoms with van der Waals surface area (Å²) in [5, 5.41) is 10.5. The number of nitrogens with zero attached hydrogens (tertiary/aromatic N) is 1.